The van der Waals surface area contributed by atoms with E-state index in [0.29, 0.717) is 11.3 Å². The van der Waals surface area contributed by atoms with Crippen LogP contribution in [0.5, 0.6) is 0 Å². The first-order valence-electron chi connectivity index (χ1n) is 7.56. The molecule has 2 amide bonds. The number of hydrogen-bond donors (Lipinski definition) is 4. The van der Waals surface area contributed by atoms with Gasteiger partial charge in [0.1, 0.15) is 5.71 Å². The minimum absolute atomic E-state index is 0.0381. The number of rotatable bonds is 5. The zero-order valence-electron chi connectivity index (χ0n) is 14.0. The Bertz CT molecular complexity index is 981. The van der Waals surface area contributed by atoms with E-state index < -0.39 is 30.0 Å². The largest absolute Gasteiger partial charge is 0.348 e. The minimum atomic E-state index is -3.28. The number of hydrogen-bond acceptors (Lipinski definition) is 6. The second-order valence-electron chi connectivity index (χ2n) is 5.09. The summed E-state index contributed by atoms with van der Waals surface area (Å²) in [6.45, 7) is 0. The molecule has 1 aromatic carbocycles. The SMILES string of the molecule is N=C(C(F)F)[C@H](NC(=O)c1ccc(C#CC#Cc2ccno2)cc1)C(=O)NO. The van der Waals surface area contributed by atoms with Crippen LogP contribution in [-0.4, -0.2) is 40.4 Å². The molecule has 0 spiro atoms. The molecular formula is C18H12F2N4O4. The van der Waals surface area contributed by atoms with Crippen LogP contribution >= 0.6 is 0 Å². The maximum Gasteiger partial charge on any atom is 0.278 e. The van der Waals surface area contributed by atoms with Crippen molar-refractivity contribution in [1.29, 1.82) is 5.41 Å². The summed E-state index contributed by atoms with van der Waals surface area (Å²) >= 11 is 0. The van der Waals surface area contributed by atoms with E-state index in [9.17, 15) is 18.4 Å². The van der Waals surface area contributed by atoms with Crippen molar-refractivity contribution in [2.24, 2.45) is 0 Å². The molecule has 1 atom stereocenters. The molecule has 1 heterocycles. The summed E-state index contributed by atoms with van der Waals surface area (Å²) in [5.74, 6) is 8.60. The third-order valence-corrected chi connectivity index (χ3v) is 3.23. The maximum absolute atomic E-state index is 12.6. The second-order valence-corrected chi connectivity index (χ2v) is 5.09. The Balaban J connectivity index is 2.06. The van der Waals surface area contributed by atoms with Crippen molar-refractivity contribution < 1.29 is 28.1 Å². The highest BCUT2D eigenvalue weighted by Crippen LogP contribution is 2.06. The minimum Gasteiger partial charge on any atom is -0.348 e. The van der Waals surface area contributed by atoms with Crippen molar-refractivity contribution >= 4 is 17.5 Å². The number of nitrogens with one attached hydrogen (secondary N) is 3. The molecule has 0 aliphatic carbocycles. The van der Waals surface area contributed by atoms with Gasteiger partial charge < -0.3 is 15.2 Å². The summed E-state index contributed by atoms with van der Waals surface area (Å²) in [6.07, 6.45) is -1.84. The normalized spacial score (nSPS) is 10.7. The summed E-state index contributed by atoms with van der Waals surface area (Å²) in [5.41, 5.74) is 0.342. The Morgan fingerprint density at radius 2 is 1.82 bits per heavy atom. The number of carbonyl (C=O) groups is 2. The van der Waals surface area contributed by atoms with E-state index in [1.165, 1.54) is 30.5 Å². The Hall–Kier alpha value is -4.02. The number of alkyl halides is 2. The van der Waals surface area contributed by atoms with E-state index in [1.54, 1.807) is 6.07 Å². The summed E-state index contributed by atoms with van der Waals surface area (Å²) in [4.78, 5) is 23.5. The molecule has 0 saturated carbocycles. The zero-order chi connectivity index (χ0) is 20.5. The fourth-order valence-electron chi connectivity index (χ4n) is 1.87. The monoisotopic (exact) mass is 386 g/mol. The van der Waals surface area contributed by atoms with Gasteiger partial charge in [-0.2, -0.15) is 0 Å². The Morgan fingerprint density at radius 1 is 1.14 bits per heavy atom. The molecule has 28 heavy (non-hydrogen) atoms. The number of benzene rings is 1. The second kappa shape index (κ2) is 9.62. The van der Waals surface area contributed by atoms with Crippen LogP contribution in [-0.2, 0) is 4.79 Å². The van der Waals surface area contributed by atoms with E-state index >= 15 is 0 Å². The van der Waals surface area contributed by atoms with Gasteiger partial charge in [0.2, 0.25) is 5.76 Å². The first-order chi connectivity index (χ1) is 13.4. The van der Waals surface area contributed by atoms with Gasteiger partial charge in [-0.05, 0) is 42.0 Å². The molecular weight excluding hydrogens is 374 g/mol. The molecule has 4 N–H and O–H groups in total. The highest BCUT2D eigenvalue weighted by Gasteiger charge is 2.30. The molecule has 0 bridgehead atoms. The molecule has 1 aromatic heterocycles. The van der Waals surface area contributed by atoms with Gasteiger partial charge in [0.25, 0.3) is 18.2 Å². The van der Waals surface area contributed by atoms with Gasteiger partial charge in [-0.3, -0.25) is 14.8 Å². The van der Waals surface area contributed by atoms with Crippen LogP contribution in [0.1, 0.15) is 21.7 Å². The summed E-state index contributed by atoms with van der Waals surface area (Å²) in [7, 11) is 0. The number of amides is 2. The fraction of sp³-hybridized carbons (Fsp3) is 0.111. The highest BCUT2D eigenvalue weighted by atomic mass is 19.3. The smallest absolute Gasteiger partial charge is 0.278 e. The molecule has 0 aliphatic heterocycles. The van der Waals surface area contributed by atoms with Crippen molar-refractivity contribution in [3.63, 3.8) is 0 Å². The van der Waals surface area contributed by atoms with Crippen molar-refractivity contribution in [2.45, 2.75) is 12.5 Å². The van der Waals surface area contributed by atoms with E-state index in [0.717, 1.165) is 5.48 Å². The molecule has 0 fully saturated rings. The van der Waals surface area contributed by atoms with Gasteiger partial charge in [0.05, 0.1) is 6.20 Å². The van der Waals surface area contributed by atoms with Gasteiger partial charge in [-0.25, -0.2) is 14.3 Å². The number of hydroxylamine groups is 1. The molecule has 0 radical (unpaired) electrons. The van der Waals surface area contributed by atoms with Crippen LogP contribution < -0.4 is 10.8 Å². The lowest BCUT2D eigenvalue weighted by Crippen LogP contribution is -2.52. The lowest BCUT2D eigenvalue weighted by Gasteiger charge is -2.17. The van der Waals surface area contributed by atoms with E-state index in [4.69, 9.17) is 15.1 Å². The van der Waals surface area contributed by atoms with Crippen molar-refractivity contribution in [2.75, 3.05) is 0 Å². The molecule has 2 aromatic rings. The van der Waals surface area contributed by atoms with Gasteiger partial charge in [0, 0.05) is 17.2 Å². The summed E-state index contributed by atoms with van der Waals surface area (Å²) < 4.78 is 30.1. The van der Waals surface area contributed by atoms with Crippen molar-refractivity contribution in [3.8, 4) is 23.7 Å². The third-order valence-electron chi connectivity index (χ3n) is 3.23. The van der Waals surface area contributed by atoms with Gasteiger partial charge >= 0.3 is 0 Å². The van der Waals surface area contributed by atoms with Crippen molar-refractivity contribution in [1.82, 2.24) is 16.0 Å². The highest BCUT2D eigenvalue weighted by molar-refractivity contribution is 6.11. The summed E-state index contributed by atoms with van der Waals surface area (Å²) in [6, 6.07) is 5.23. The maximum atomic E-state index is 12.6. The molecule has 0 unspecified atom stereocenters. The van der Waals surface area contributed by atoms with Crippen LogP contribution in [0.25, 0.3) is 0 Å². The third kappa shape index (κ3) is 5.49. The lowest BCUT2D eigenvalue weighted by atomic mass is 10.1. The van der Waals surface area contributed by atoms with E-state index in [-0.39, 0.29) is 5.56 Å². The number of aromatic nitrogens is 1. The number of carbonyl (C=O) groups excluding carboxylic acids is 2. The quantitative estimate of drug-likeness (QED) is 0.263. The topological polar surface area (TPSA) is 128 Å². The standard InChI is InChI=1S/C18H12F2N4O4/c19-16(20)14(21)15(18(26)24-27)23-17(25)12-7-5-11(6-8-12)3-1-2-4-13-9-10-22-28-13/h5-10,15-16,21,27H,(H,23,25)(H,24,26)/t15-/m0/s1. The predicted octanol–water partition coefficient (Wildman–Crippen LogP) is 0.966. The van der Waals surface area contributed by atoms with E-state index in [2.05, 4.69) is 28.8 Å². The first-order valence-corrected chi connectivity index (χ1v) is 7.56. The Labute approximate surface area is 157 Å². The molecule has 8 nitrogen and oxygen atoms in total. The number of halogens is 2. The van der Waals surface area contributed by atoms with Gasteiger partial charge in [-0.1, -0.05) is 11.1 Å². The Kier molecular flexibility index (Phi) is 6.97. The van der Waals surface area contributed by atoms with Crippen LogP contribution in [0.15, 0.2) is 41.1 Å². The van der Waals surface area contributed by atoms with Gasteiger partial charge in [0.15, 0.2) is 6.04 Å². The average molecular weight is 386 g/mol. The van der Waals surface area contributed by atoms with Crippen LogP contribution in [0.4, 0.5) is 8.78 Å². The first kappa shape index (κ1) is 20.3. The van der Waals surface area contributed by atoms with Gasteiger partial charge in [-0.15, -0.1) is 0 Å². The molecule has 10 heteroatoms. The van der Waals surface area contributed by atoms with Crippen LogP contribution in [0.3, 0.4) is 0 Å². The fourth-order valence-corrected chi connectivity index (χ4v) is 1.87. The summed E-state index contributed by atoms with van der Waals surface area (Å²) in [5, 5.41) is 21.2. The van der Waals surface area contributed by atoms with Crippen LogP contribution in [0, 0.1) is 29.1 Å². The molecule has 2 rings (SSSR count). The molecule has 0 aliphatic rings. The Morgan fingerprint density at radius 3 is 2.39 bits per heavy atom. The zero-order valence-corrected chi connectivity index (χ0v) is 14.0. The van der Waals surface area contributed by atoms with E-state index in [1.807, 2.05) is 5.32 Å². The lowest BCUT2D eigenvalue weighted by molar-refractivity contribution is -0.129. The average Bonchev–Trinajstić information content (AvgIpc) is 3.22. The molecule has 142 valence electrons. The number of nitrogens with zero attached hydrogens (tertiary/aromatic N) is 1. The van der Waals surface area contributed by atoms with Crippen molar-refractivity contribution in [3.05, 3.63) is 53.4 Å². The molecule has 0 saturated heterocycles. The van der Waals surface area contributed by atoms with Crippen LogP contribution in [0.2, 0.25) is 0 Å². The predicted molar refractivity (Wildman–Crippen MR) is 91.6 cm³/mol.